The Morgan fingerprint density at radius 1 is 1.38 bits per heavy atom. The zero-order chi connectivity index (χ0) is 15.6. The lowest BCUT2D eigenvalue weighted by Gasteiger charge is -2.37. The number of nitrogens with zero attached hydrogens (tertiary/aromatic N) is 1. The fourth-order valence-corrected chi connectivity index (χ4v) is 2.83. The molecule has 0 radical (unpaired) electrons. The smallest absolute Gasteiger partial charge is 0.410 e. The number of nitrogens with one attached hydrogen (secondary N) is 1. The SMILES string of the molecule is CC(C)(C)OC(=O)N1CCNCC1c1ccc(Cl)cc1Cl. The summed E-state index contributed by atoms with van der Waals surface area (Å²) in [4.78, 5) is 14.1. The number of rotatable bonds is 1. The van der Waals surface area contributed by atoms with Gasteiger partial charge in [-0.3, -0.25) is 4.90 Å². The van der Waals surface area contributed by atoms with E-state index in [1.54, 1.807) is 17.0 Å². The molecule has 116 valence electrons. The summed E-state index contributed by atoms with van der Waals surface area (Å²) in [6.07, 6.45) is -0.319. The third-order valence-corrected chi connectivity index (χ3v) is 3.76. The number of carbonyl (C=O) groups excluding carboxylic acids is 1. The van der Waals surface area contributed by atoms with Gasteiger partial charge in [-0.2, -0.15) is 0 Å². The van der Waals surface area contributed by atoms with Crippen LogP contribution in [0.2, 0.25) is 10.0 Å². The zero-order valence-electron chi connectivity index (χ0n) is 12.5. The molecule has 21 heavy (non-hydrogen) atoms. The Kier molecular flexibility index (Phi) is 5.02. The highest BCUT2D eigenvalue weighted by Gasteiger charge is 2.32. The van der Waals surface area contributed by atoms with E-state index in [4.69, 9.17) is 27.9 Å². The van der Waals surface area contributed by atoms with E-state index < -0.39 is 5.60 Å². The summed E-state index contributed by atoms with van der Waals surface area (Å²) in [5.74, 6) is 0. The summed E-state index contributed by atoms with van der Waals surface area (Å²) in [6.45, 7) is 7.53. The molecule has 1 aromatic carbocycles. The Hall–Kier alpha value is -0.970. The molecule has 1 aliphatic rings. The van der Waals surface area contributed by atoms with Crippen molar-refractivity contribution in [2.24, 2.45) is 0 Å². The van der Waals surface area contributed by atoms with E-state index in [1.807, 2.05) is 26.8 Å². The molecule has 6 heteroatoms. The molecular weight excluding hydrogens is 311 g/mol. The molecule has 1 saturated heterocycles. The second-order valence-electron chi connectivity index (χ2n) is 6.06. The fourth-order valence-electron chi connectivity index (χ4n) is 2.29. The summed E-state index contributed by atoms with van der Waals surface area (Å²) in [5, 5.41) is 4.42. The van der Waals surface area contributed by atoms with Crippen molar-refractivity contribution in [1.29, 1.82) is 0 Å². The summed E-state index contributed by atoms with van der Waals surface area (Å²) in [5.41, 5.74) is 0.357. The van der Waals surface area contributed by atoms with Crippen LogP contribution in [-0.4, -0.2) is 36.2 Å². The van der Waals surface area contributed by atoms with Crippen LogP contribution in [0.15, 0.2) is 18.2 Å². The highest BCUT2D eigenvalue weighted by molar-refractivity contribution is 6.35. The Morgan fingerprint density at radius 3 is 2.71 bits per heavy atom. The van der Waals surface area contributed by atoms with Gasteiger partial charge in [0.2, 0.25) is 0 Å². The number of ether oxygens (including phenoxy) is 1. The highest BCUT2D eigenvalue weighted by atomic mass is 35.5. The Bertz CT molecular complexity index is 529. The van der Waals surface area contributed by atoms with E-state index in [0.717, 1.165) is 12.1 Å². The molecule has 0 saturated carbocycles. The van der Waals surface area contributed by atoms with Crippen molar-refractivity contribution in [3.05, 3.63) is 33.8 Å². The fraction of sp³-hybridized carbons (Fsp3) is 0.533. The summed E-state index contributed by atoms with van der Waals surface area (Å²) in [6, 6.07) is 5.18. The molecule has 1 N–H and O–H groups in total. The molecule has 1 unspecified atom stereocenters. The van der Waals surface area contributed by atoms with Gasteiger partial charge in [-0.15, -0.1) is 0 Å². The maximum Gasteiger partial charge on any atom is 0.410 e. The minimum Gasteiger partial charge on any atom is -0.444 e. The van der Waals surface area contributed by atoms with Crippen molar-refractivity contribution in [1.82, 2.24) is 10.2 Å². The van der Waals surface area contributed by atoms with Crippen LogP contribution in [0.5, 0.6) is 0 Å². The first-order chi connectivity index (χ1) is 9.78. The van der Waals surface area contributed by atoms with Crippen LogP contribution in [0.1, 0.15) is 32.4 Å². The van der Waals surface area contributed by atoms with E-state index in [2.05, 4.69) is 5.32 Å². The molecule has 1 aromatic rings. The summed E-state index contributed by atoms with van der Waals surface area (Å²) >= 11 is 12.2. The first kappa shape index (κ1) is 16.4. The lowest BCUT2D eigenvalue weighted by molar-refractivity contribution is 0.0118. The summed E-state index contributed by atoms with van der Waals surface area (Å²) < 4.78 is 5.48. The number of benzene rings is 1. The van der Waals surface area contributed by atoms with Gasteiger partial charge in [0.05, 0.1) is 6.04 Å². The first-order valence-electron chi connectivity index (χ1n) is 6.93. The van der Waals surface area contributed by atoms with Gasteiger partial charge in [0.1, 0.15) is 5.60 Å². The van der Waals surface area contributed by atoms with E-state index in [-0.39, 0.29) is 12.1 Å². The molecule has 0 spiro atoms. The number of amides is 1. The van der Waals surface area contributed by atoms with E-state index >= 15 is 0 Å². The normalized spacial score (nSPS) is 19.5. The maximum absolute atomic E-state index is 12.4. The van der Waals surface area contributed by atoms with Crippen LogP contribution < -0.4 is 5.32 Å². The average molecular weight is 331 g/mol. The molecule has 1 heterocycles. The third kappa shape index (κ3) is 4.25. The number of hydrogen-bond acceptors (Lipinski definition) is 3. The predicted octanol–water partition coefficient (Wildman–Crippen LogP) is 3.87. The Morgan fingerprint density at radius 2 is 2.10 bits per heavy atom. The van der Waals surface area contributed by atoms with Gasteiger partial charge in [0.15, 0.2) is 0 Å². The quantitative estimate of drug-likeness (QED) is 0.849. The molecular formula is C15H20Cl2N2O2. The average Bonchev–Trinajstić information content (AvgIpc) is 2.37. The van der Waals surface area contributed by atoms with Crippen LogP contribution in [0.25, 0.3) is 0 Å². The first-order valence-corrected chi connectivity index (χ1v) is 7.69. The van der Waals surface area contributed by atoms with Gasteiger partial charge in [0.25, 0.3) is 0 Å². The van der Waals surface area contributed by atoms with Crippen LogP contribution in [-0.2, 0) is 4.74 Å². The van der Waals surface area contributed by atoms with Crippen molar-refractivity contribution in [3.63, 3.8) is 0 Å². The van der Waals surface area contributed by atoms with Crippen LogP contribution in [0.3, 0.4) is 0 Å². The number of carbonyl (C=O) groups is 1. The maximum atomic E-state index is 12.4. The molecule has 1 amide bonds. The Balaban J connectivity index is 2.24. The molecule has 0 aliphatic carbocycles. The van der Waals surface area contributed by atoms with Crippen LogP contribution >= 0.6 is 23.2 Å². The molecule has 0 bridgehead atoms. The molecule has 1 aliphatic heterocycles. The Labute approximate surface area is 135 Å². The standard InChI is InChI=1S/C15H20Cl2N2O2/c1-15(2,3)21-14(20)19-7-6-18-9-13(19)11-5-4-10(16)8-12(11)17/h4-5,8,13,18H,6-7,9H2,1-3H3. The molecule has 1 fully saturated rings. The van der Waals surface area contributed by atoms with E-state index in [1.165, 1.54) is 0 Å². The second kappa shape index (κ2) is 6.42. The number of halogens is 2. The number of hydrogen-bond donors (Lipinski definition) is 1. The van der Waals surface area contributed by atoms with E-state index in [0.29, 0.717) is 23.1 Å². The monoisotopic (exact) mass is 330 g/mol. The van der Waals surface area contributed by atoms with E-state index in [9.17, 15) is 4.79 Å². The molecule has 1 atom stereocenters. The topological polar surface area (TPSA) is 41.6 Å². The predicted molar refractivity (Wildman–Crippen MR) is 85.0 cm³/mol. The minimum absolute atomic E-state index is 0.154. The molecule has 4 nitrogen and oxygen atoms in total. The minimum atomic E-state index is -0.518. The van der Waals surface area contributed by atoms with Crippen molar-refractivity contribution in [2.45, 2.75) is 32.4 Å². The van der Waals surface area contributed by atoms with Gasteiger partial charge in [-0.05, 0) is 38.5 Å². The zero-order valence-corrected chi connectivity index (χ0v) is 14.0. The van der Waals surface area contributed by atoms with Gasteiger partial charge in [-0.25, -0.2) is 4.79 Å². The second-order valence-corrected chi connectivity index (χ2v) is 6.90. The lowest BCUT2D eigenvalue weighted by Crippen LogP contribution is -2.50. The van der Waals surface area contributed by atoms with Crippen molar-refractivity contribution >= 4 is 29.3 Å². The summed E-state index contributed by atoms with van der Waals surface area (Å²) in [7, 11) is 0. The van der Waals surface area contributed by atoms with Crippen LogP contribution in [0, 0.1) is 0 Å². The highest BCUT2D eigenvalue weighted by Crippen LogP contribution is 2.31. The van der Waals surface area contributed by atoms with Crippen molar-refractivity contribution < 1.29 is 9.53 Å². The van der Waals surface area contributed by atoms with Crippen LogP contribution in [0.4, 0.5) is 4.79 Å². The van der Waals surface area contributed by atoms with Gasteiger partial charge < -0.3 is 10.1 Å². The lowest BCUT2D eigenvalue weighted by atomic mass is 10.0. The van der Waals surface area contributed by atoms with Gasteiger partial charge >= 0.3 is 6.09 Å². The van der Waals surface area contributed by atoms with Gasteiger partial charge in [0, 0.05) is 29.7 Å². The molecule has 2 rings (SSSR count). The van der Waals surface area contributed by atoms with Crippen molar-refractivity contribution in [3.8, 4) is 0 Å². The third-order valence-electron chi connectivity index (χ3n) is 3.19. The van der Waals surface area contributed by atoms with Crippen molar-refractivity contribution in [2.75, 3.05) is 19.6 Å². The molecule has 0 aromatic heterocycles. The largest absolute Gasteiger partial charge is 0.444 e. The van der Waals surface area contributed by atoms with Gasteiger partial charge in [-0.1, -0.05) is 29.3 Å². The number of piperazine rings is 1.